The van der Waals surface area contributed by atoms with Crippen molar-refractivity contribution in [3.8, 4) is 0 Å². The van der Waals surface area contributed by atoms with Crippen molar-refractivity contribution in [1.29, 1.82) is 0 Å². The van der Waals surface area contributed by atoms with Gasteiger partial charge in [0.1, 0.15) is 0 Å². The van der Waals surface area contributed by atoms with Gasteiger partial charge in [-0.15, -0.1) is 0 Å². The average Bonchev–Trinajstić information content (AvgIpc) is 2.25. The number of nitrogens with one attached hydrogen (secondary N) is 1. The van der Waals surface area contributed by atoms with E-state index in [-0.39, 0.29) is 11.3 Å². The van der Waals surface area contributed by atoms with Crippen molar-refractivity contribution >= 4 is 34.9 Å². The zero-order chi connectivity index (χ0) is 10.9. The lowest BCUT2D eigenvalue weighted by Gasteiger charge is -2.46. The molecule has 84 valence electrons. The first-order valence-corrected chi connectivity index (χ1v) is 6.51. The van der Waals surface area contributed by atoms with Crippen molar-refractivity contribution < 1.29 is 9.59 Å². The molecule has 2 amide bonds. The number of halogens is 1. The molecular formula is C10H15IN2O2. The molecule has 2 rings (SSSR count). The maximum absolute atomic E-state index is 11.4. The maximum atomic E-state index is 11.4. The number of hydrogen-bond acceptors (Lipinski definition) is 2. The minimum Gasteiger partial charge on any atom is -0.355 e. The van der Waals surface area contributed by atoms with Crippen molar-refractivity contribution in [3.05, 3.63) is 0 Å². The lowest BCUT2D eigenvalue weighted by molar-refractivity contribution is -0.127. The van der Waals surface area contributed by atoms with Crippen LogP contribution in [0.2, 0.25) is 0 Å². The Morgan fingerprint density at radius 3 is 2.73 bits per heavy atom. The second kappa shape index (κ2) is 4.27. The van der Waals surface area contributed by atoms with Gasteiger partial charge in [0.05, 0.1) is 0 Å². The minimum absolute atomic E-state index is 0.141. The molecular weight excluding hydrogens is 307 g/mol. The number of amides is 2. The standard InChI is InChI=1S/C10H15IN2O2/c11-8-6-12-9(15)5-10(8)1-3-13(7-14)4-2-10/h7-8H,1-6H2,(H,12,15)/t8-/m1/s1. The van der Waals surface area contributed by atoms with E-state index < -0.39 is 0 Å². The van der Waals surface area contributed by atoms with Gasteiger partial charge in [-0.2, -0.15) is 0 Å². The molecule has 0 aromatic heterocycles. The molecule has 15 heavy (non-hydrogen) atoms. The fourth-order valence-corrected chi connectivity index (χ4v) is 3.54. The monoisotopic (exact) mass is 322 g/mol. The number of carbonyl (C=O) groups excluding carboxylic acids is 2. The summed E-state index contributed by atoms with van der Waals surface area (Å²) in [6.45, 7) is 2.38. The van der Waals surface area contributed by atoms with Gasteiger partial charge < -0.3 is 10.2 Å². The van der Waals surface area contributed by atoms with Crippen LogP contribution in [0.1, 0.15) is 19.3 Å². The van der Waals surface area contributed by atoms with E-state index >= 15 is 0 Å². The normalized spacial score (nSPS) is 30.1. The number of likely N-dealkylation sites (tertiary alicyclic amines) is 1. The van der Waals surface area contributed by atoms with E-state index in [9.17, 15) is 9.59 Å². The van der Waals surface area contributed by atoms with Gasteiger partial charge in [0.2, 0.25) is 12.3 Å². The minimum atomic E-state index is 0.141. The first-order valence-electron chi connectivity index (χ1n) is 5.26. The molecule has 0 radical (unpaired) electrons. The summed E-state index contributed by atoms with van der Waals surface area (Å²) >= 11 is 2.44. The number of hydrogen-bond donors (Lipinski definition) is 1. The van der Waals surface area contributed by atoms with Gasteiger partial charge in [-0.1, -0.05) is 22.6 Å². The number of carbonyl (C=O) groups is 2. The predicted molar refractivity (Wildman–Crippen MR) is 64.7 cm³/mol. The molecule has 0 bridgehead atoms. The quantitative estimate of drug-likeness (QED) is 0.435. The van der Waals surface area contributed by atoms with Gasteiger partial charge in [-0.3, -0.25) is 9.59 Å². The van der Waals surface area contributed by atoms with Crippen LogP contribution in [0.15, 0.2) is 0 Å². The Balaban J connectivity index is 2.06. The highest BCUT2D eigenvalue weighted by molar-refractivity contribution is 14.1. The number of rotatable bonds is 1. The van der Waals surface area contributed by atoms with Crippen LogP contribution in [0, 0.1) is 5.41 Å². The van der Waals surface area contributed by atoms with Crippen LogP contribution in [0.5, 0.6) is 0 Å². The third-order valence-corrected chi connectivity index (χ3v) is 5.36. The highest BCUT2D eigenvalue weighted by Crippen LogP contribution is 2.43. The third-order valence-electron chi connectivity index (χ3n) is 3.60. The molecule has 0 saturated carbocycles. The van der Waals surface area contributed by atoms with Crippen molar-refractivity contribution in [2.45, 2.75) is 23.2 Å². The van der Waals surface area contributed by atoms with E-state index in [1.54, 1.807) is 4.90 Å². The molecule has 2 aliphatic rings. The number of piperidine rings is 2. The van der Waals surface area contributed by atoms with Crippen LogP contribution < -0.4 is 5.32 Å². The molecule has 0 aromatic carbocycles. The lowest BCUT2D eigenvalue weighted by Crippen LogP contribution is -2.53. The summed E-state index contributed by atoms with van der Waals surface area (Å²) in [6, 6.07) is 0. The van der Waals surface area contributed by atoms with E-state index in [2.05, 4.69) is 27.9 Å². The first kappa shape index (κ1) is 11.2. The molecule has 2 saturated heterocycles. The van der Waals surface area contributed by atoms with Gasteiger partial charge in [-0.25, -0.2) is 0 Å². The fourth-order valence-electron chi connectivity index (χ4n) is 2.48. The molecule has 5 heteroatoms. The van der Waals surface area contributed by atoms with E-state index in [1.165, 1.54) is 0 Å². The Morgan fingerprint density at radius 2 is 2.13 bits per heavy atom. The summed E-state index contributed by atoms with van der Waals surface area (Å²) in [7, 11) is 0. The van der Waals surface area contributed by atoms with Crippen LogP contribution >= 0.6 is 22.6 Å². The van der Waals surface area contributed by atoms with Gasteiger partial charge in [0.25, 0.3) is 0 Å². The largest absolute Gasteiger partial charge is 0.355 e. The molecule has 1 N–H and O–H groups in total. The molecule has 0 unspecified atom stereocenters. The fraction of sp³-hybridized carbons (Fsp3) is 0.800. The van der Waals surface area contributed by atoms with Crippen molar-refractivity contribution in [3.63, 3.8) is 0 Å². The zero-order valence-corrected chi connectivity index (χ0v) is 10.7. The summed E-state index contributed by atoms with van der Waals surface area (Å²) < 4.78 is 0.501. The smallest absolute Gasteiger partial charge is 0.220 e. The van der Waals surface area contributed by atoms with Crippen LogP contribution in [0.4, 0.5) is 0 Å². The Bertz CT molecular complexity index is 275. The van der Waals surface area contributed by atoms with Crippen molar-refractivity contribution in [2.75, 3.05) is 19.6 Å². The molecule has 0 aliphatic carbocycles. The summed E-state index contributed by atoms with van der Waals surface area (Å²) in [5, 5.41) is 2.90. The van der Waals surface area contributed by atoms with Crippen molar-refractivity contribution in [1.82, 2.24) is 10.2 Å². The highest BCUT2D eigenvalue weighted by atomic mass is 127. The first-order chi connectivity index (χ1) is 7.16. The average molecular weight is 322 g/mol. The molecule has 2 fully saturated rings. The lowest BCUT2D eigenvalue weighted by atomic mass is 9.71. The van der Waals surface area contributed by atoms with Crippen molar-refractivity contribution in [2.24, 2.45) is 5.41 Å². The van der Waals surface area contributed by atoms with E-state index in [1.807, 2.05) is 0 Å². The Labute approximate surface area is 103 Å². The predicted octanol–water partition coefficient (Wildman–Crippen LogP) is 0.548. The molecule has 0 aromatic rings. The second-order valence-electron chi connectivity index (χ2n) is 4.45. The van der Waals surface area contributed by atoms with Crippen LogP contribution in [-0.2, 0) is 9.59 Å². The van der Waals surface area contributed by atoms with Gasteiger partial charge >= 0.3 is 0 Å². The van der Waals surface area contributed by atoms with Gasteiger partial charge in [0, 0.05) is 30.0 Å². The molecule has 2 aliphatic heterocycles. The summed E-state index contributed by atoms with van der Waals surface area (Å²) in [6.07, 6.45) is 3.48. The number of nitrogens with zero attached hydrogens (tertiary/aromatic N) is 1. The summed E-state index contributed by atoms with van der Waals surface area (Å²) in [5.41, 5.74) is 0.141. The zero-order valence-electron chi connectivity index (χ0n) is 8.54. The summed E-state index contributed by atoms with van der Waals surface area (Å²) in [4.78, 5) is 23.9. The second-order valence-corrected chi connectivity index (χ2v) is 5.96. The van der Waals surface area contributed by atoms with Gasteiger partial charge in [-0.05, 0) is 18.3 Å². The topological polar surface area (TPSA) is 49.4 Å². The third kappa shape index (κ3) is 2.11. The van der Waals surface area contributed by atoms with E-state index in [4.69, 9.17) is 0 Å². The Kier molecular flexibility index (Phi) is 3.18. The van der Waals surface area contributed by atoms with E-state index in [0.717, 1.165) is 38.9 Å². The van der Waals surface area contributed by atoms with Gasteiger partial charge in [0.15, 0.2) is 0 Å². The Hall–Kier alpha value is -0.330. The molecule has 1 atom stereocenters. The van der Waals surface area contributed by atoms with Crippen LogP contribution in [0.25, 0.3) is 0 Å². The van der Waals surface area contributed by atoms with Crippen LogP contribution in [0.3, 0.4) is 0 Å². The summed E-state index contributed by atoms with van der Waals surface area (Å²) in [5.74, 6) is 0.169. The SMILES string of the molecule is O=CN1CCC2(CC1)CC(=O)NC[C@H]2I. The van der Waals surface area contributed by atoms with E-state index in [0.29, 0.717) is 10.3 Å². The molecule has 4 nitrogen and oxygen atoms in total. The molecule has 2 heterocycles. The Morgan fingerprint density at radius 1 is 1.47 bits per heavy atom. The molecule has 1 spiro atoms. The highest BCUT2D eigenvalue weighted by Gasteiger charge is 2.44. The number of alkyl halides is 1. The maximum Gasteiger partial charge on any atom is 0.220 e. The van der Waals surface area contributed by atoms with Crippen LogP contribution in [-0.4, -0.2) is 40.8 Å².